The first-order valence-corrected chi connectivity index (χ1v) is 7.17. The molecule has 1 aliphatic heterocycles. The molecule has 1 heterocycles. The first-order valence-electron chi connectivity index (χ1n) is 7.17. The molecule has 2 fully saturated rings. The summed E-state index contributed by atoms with van der Waals surface area (Å²) < 4.78 is 0. The maximum absolute atomic E-state index is 9.85. The summed E-state index contributed by atoms with van der Waals surface area (Å²) in [5, 5.41) is 9.85. The monoisotopic (exact) mass is 240 g/mol. The normalized spacial score (nSPS) is 36.2. The fourth-order valence-electron chi connectivity index (χ4n) is 3.69. The predicted molar refractivity (Wildman–Crippen MR) is 71.0 cm³/mol. The molecule has 17 heavy (non-hydrogen) atoms. The molecule has 2 aliphatic rings. The number of hydrogen-bond acceptors (Lipinski definition) is 3. The Labute approximate surface area is 106 Å². The number of nitrogens with zero attached hydrogens (tertiary/aromatic N) is 2. The zero-order valence-electron chi connectivity index (χ0n) is 11.6. The zero-order chi connectivity index (χ0) is 12.4. The molecule has 0 spiro atoms. The highest BCUT2D eigenvalue weighted by Crippen LogP contribution is 2.31. The van der Waals surface area contributed by atoms with Gasteiger partial charge in [0.15, 0.2) is 0 Å². The van der Waals surface area contributed by atoms with Crippen LogP contribution >= 0.6 is 0 Å². The molecule has 0 aromatic rings. The van der Waals surface area contributed by atoms with Gasteiger partial charge in [0.05, 0.1) is 6.10 Å². The van der Waals surface area contributed by atoms with Crippen molar-refractivity contribution in [2.45, 2.75) is 44.8 Å². The Kier molecular flexibility index (Phi) is 4.45. The van der Waals surface area contributed by atoms with Crippen LogP contribution in [0.1, 0.15) is 32.6 Å². The highest BCUT2D eigenvalue weighted by atomic mass is 16.3. The molecular weight excluding hydrogens is 212 g/mol. The van der Waals surface area contributed by atoms with Gasteiger partial charge in [0.2, 0.25) is 0 Å². The first kappa shape index (κ1) is 13.3. The van der Waals surface area contributed by atoms with E-state index in [-0.39, 0.29) is 6.10 Å². The van der Waals surface area contributed by atoms with Crippen LogP contribution in [0.2, 0.25) is 0 Å². The van der Waals surface area contributed by atoms with E-state index in [2.05, 4.69) is 30.8 Å². The smallest absolute Gasteiger partial charge is 0.0555 e. The lowest BCUT2D eigenvalue weighted by Gasteiger charge is -2.44. The van der Waals surface area contributed by atoms with Crippen molar-refractivity contribution in [3.63, 3.8) is 0 Å². The second kappa shape index (κ2) is 5.68. The molecule has 2 rings (SSSR count). The van der Waals surface area contributed by atoms with Crippen LogP contribution in [0.25, 0.3) is 0 Å². The molecule has 1 saturated heterocycles. The quantitative estimate of drug-likeness (QED) is 0.805. The average molecular weight is 240 g/mol. The minimum absolute atomic E-state index is 0.0608. The van der Waals surface area contributed by atoms with Crippen LogP contribution in [0, 0.1) is 11.8 Å². The van der Waals surface area contributed by atoms with Crippen LogP contribution in [0.4, 0.5) is 0 Å². The van der Waals surface area contributed by atoms with E-state index in [0.717, 1.165) is 24.7 Å². The van der Waals surface area contributed by atoms with Crippen molar-refractivity contribution in [2.24, 2.45) is 11.8 Å². The highest BCUT2D eigenvalue weighted by molar-refractivity contribution is 4.88. The number of likely N-dealkylation sites (tertiary alicyclic amines) is 1. The molecule has 3 nitrogen and oxygen atoms in total. The van der Waals surface area contributed by atoms with E-state index in [1.165, 1.54) is 32.5 Å². The van der Waals surface area contributed by atoms with Crippen LogP contribution in [0.5, 0.6) is 0 Å². The van der Waals surface area contributed by atoms with Gasteiger partial charge >= 0.3 is 0 Å². The highest BCUT2D eigenvalue weighted by Gasteiger charge is 2.33. The molecule has 3 unspecified atom stereocenters. The van der Waals surface area contributed by atoms with E-state index in [4.69, 9.17) is 0 Å². The lowest BCUT2D eigenvalue weighted by atomic mass is 9.80. The molecule has 0 aromatic carbocycles. The lowest BCUT2D eigenvalue weighted by Crippen LogP contribution is -2.52. The predicted octanol–water partition coefficient (Wildman–Crippen LogP) is 1.42. The Morgan fingerprint density at radius 3 is 2.59 bits per heavy atom. The summed E-state index contributed by atoms with van der Waals surface area (Å²) in [6.07, 6.45) is 4.39. The molecular formula is C14H28N2O. The molecule has 3 heteroatoms. The van der Waals surface area contributed by atoms with E-state index in [9.17, 15) is 5.11 Å². The number of aliphatic hydroxyl groups excluding tert-OH is 1. The van der Waals surface area contributed by atoms with Crippen LogP contribution in [-0.2, 0) is 0 Å². The minimum Gasteiger partial charge on any atom is -0.393 e. The molecule has 100 valence electrons. The van der Waals surface area contributed by atoms with Crippen molar-refractivity contribution in [1.29, 1.82) is 0 Å². The number of rotatable bonds is 4. The van der Waals surface area contributed by atoms with E-state index < -0.39 is 0 Å². The average Bonchev–Trinajstić information content (AvgIpc) is 2.27. The van der Waals surface area contributed by atoms with Gasteiger partial charge in [-0.25, -0.2) is 0 Å². The zero-order valence-corrected chi connectivity index (χ0v) is 11.6. The molecule has 1 saturated carbocycles. The van der Waals surface area contributed by atoms with E-state index in [1.54, 1.807) is 0 Å². The molecule has 0 amide bonds. The second-order valence-corrected chi connectivity index (χ2v) is 6.23. The number of aliphatic hydroxyl groups is 1. The second-order valence-electron chi connectivity index (χ2n) is 6.23. The summed E-state index contributed by atoms with van der Waals surface area (Å²) in [7, 11) is 4.44. The van der Waals surface area contributed by atoms with Gasteiger partial charge in [0.1, 0.15) is 0 Å². The summed E-state index contributed by atoms with van der Waals surface area (Å²) in [6.45, 7) is 5.99. The van der Waals surface area contributed by atoms with E-state index >= 15 is 0 Å². The summed E-state index contributed by atoms with van der Waals surface area (Å²) in [5.74, 6) is 1.64. The molecule has 0 bridgehead atoms. The third-order valence-electron chi connectivity index (χ3n) is 4.70. The molecule has 0 radical (unpaired) electrons. The maximum Gasteiger partial charge on any atom is 0.0555 e. The molecule has 1 N–H and O–H groups in total. The molecule has 1 aliphatic carbocycles. The summed E-state index contributed by atoms with van der Waals surface area (Å²) in [4.78, 5) is 4.90. The molecule has 3 atom stereocenters. The number of hydrogen-bond donors (Lipinski definition) is 1. The van der Waals surface area contributed by atoms with Crippen LogP contribution < -0.4 is 0 Å². The first-order chi connectivity index (χ1) is 8.10. The van der Waals surface area contributed by atoms with Crippen molar-refractivity contribution in [2.75, 3.05) is 33.7 Å². The standard InChI is InChI=1S/C14H28N2O/c1-4-12-5-6-13(17)7-14(12)16(3)10-11-8-15(2)9-11/h11-14,17H,4-10H2,1-3H3. The van der Waals surface area contributed by atoms with Gasteiger partial charge in [-0.05, 0) is 45.2 Å². The van der Waals surface area contributed by atoms with Gasteiger partial charge in [-0.2, -0.15) is 0 Å². The lowest BCUT2D eigenvalue weighted by molar-refractivity contribution is 0.0138. The van der Waals surface area contributed by atoms with Crippen molar-refractivity contribution in [3.8, 4) is 0 Å². The Bertz CT molecular complexity index is 240. The fourth-order valence-corrected chi connectivity index (χ4v) is 3.69. The van der Waals surface area contributed by atoms with E-state index in [1.807, 2.05) is 0 Å². The summed E-state index contributed by atoms with van der Waals surface area (Å²) in [5.41, 5.74) is 0. The van der Waals surface area contributed by atoms with Crippen molar-refractivity contribution in [3.05, 3.63) is 0 Å². The van der Waals surface area contributed by atoms with Gasteiger partial charge in [-0.3, -0.25) is 0 Å². The Balaban J connectivity index is 1.84. The van der Waals surface area contributed by atoms with Gasteiger partial charge in [0, 0.05) is 25.7 Å². The fraction of sp³-hybridized carbons (Fsp3) is 1.00. The Hall–Kier alpha value is -0.120. The van der Waals surface area contributed by atoms with Crippen molar-refractivity contribution >= 4 is 0 Å². The Morgan fingerprint density at radius 1 is 1.29 bits per heavy atom. The largest absolute Gasteiger partial charge is 0.393 e. The SMILES string of the molecule is CCC1CCC(O)CC1N(C)CC1CN(C)C1. The van der Waals surface area contributed by atoms with Crippen LogP contribution in [0.3, 0.4) is 0 Å². The van der Waals surface area contributed by atoms with Crippen molar-refractivity contribution in [1.82, 2.24) is 9.80 Å². The summed E-state index contributed by atoms with van der Waals surface area (Å²) in [6, 6.07) is 0.606. The minimum atomic E-state index is -0.0608. The van der Waals surface area contributed by atoms with Gasteiger partial charge in [-0.15, -0.1) is 0 Å². The Morgan fingerprint density at radius 2 is 2.00 bits per heavy atom. The van der Waals surface area contributed by atoms with Gasteiger partial charge < -0.3 is 14.9 Å². The molecule has 0 aromatic heterocycles. The third-order valence-corrected chi connectivity index (χ3v) is 4.70. The topological polar surface area (TPSA) is 26.7 Å². The van der Waals surface area contributed by atoms with Gasteiger partial charge in [-0.1, -0.05) is 13.3 Å². The maximum atomic E-state index is 9.85. The summed E-state index contributed by atoms with van der Waals surface area (Å²) >= 11 is 0. The van der Waals surface area contributed by atoms with Gasteiger partial charge in [0.25, 0.3) is 0 Å². The van der Waals surface area contributed by atoms with Crippen LogP contribution in [0.15, 0.2) is 0 Å². The van der Waals surface area contributed by atoms with Crippen LogP contribution in [-0.4, -0.2) is 60.8 Å². The van der Waals surface area contributed by atoms with Crippen molar-refractivity contribution < 1.29 is 5.11 Å². The third kappa shape index (κ3) is 3.21. The van der Waals surface area contributed by atoms with E-state index in [0.29, 0.717) is 6.04 Å².